The van der Waals surface area contributed by atoms with Crippen LogP contribution in [0.5, 0.6) is 0 Å². The van der Waals surface area contributed by atoms with Crippen molar-refractivity contribution in [2.75, 3.05) is 6.54 Å². The van der Waals surface area contributed by atoms with E-state index in [0.29, 0.717) is 5.92 Å². The topological polar surface area (TPSA) is 29.9 Å². The molecule has 0 bridgehead atoms. The van der Waals surface area contributed by atoms with Gasteiger partial charge in [0.1, 0.15) is 0 Å². The molecule has 106 valence electrons. The van der Waals surface area contributed by atoms with Crippen LogP contribution < -0.4 is 5.32 Å². The number of nitrogens with zero attached hydrogens (tertiary/aromatic N) is 2. The van der Waals surface area contributed by atoms with Crippen LogP contribution in [0.1, 0.15) is 37.1 Å². The van der Waals surface area contributed by atoms with E-state index in [4.69, 9.17) is 0 Å². The molecule has 0 amide bonds. The second kappa shape index (κ2) is 5.80. The van der Waals surface area contributed by atoms with Crippen LogP contribution in [0.25, 0.3) is 5.69 Å². The van der Waals surface area contributed by atoms with Gasteiger partial charge < -0.3 is 5.32 Å². The molecule has 2 aromatic rings. The molecule has 0 fully saturated rings. The minimum Gasteiger partial charge on any atom is -0.311 e. The Hall–Kier alpha value is -1.61. The van der Waals surface area contributed by atoms with E-state index in [1.807, 2.05) is 4.68 Å². The first-order chi connectivity index (χ1) is 9.72. The molecule has 3 rings (SSSR count). The highest BCUT2D eigenvalue weighted by atomic mass is 15.3. The van der Waals surface area contributed by atoms with Gasteiger partial charge in [-0.1, -0.05) is 19.9 Å². The van der Waals surface area contributed by atoms with Gasteiger partial charge in [-0.3, -0.25) is 0 Å². The van der Waals surface area contributed by atoms with Crippen LogP contribution in [0, 0.1) is 5.92 Å². The predicted octanol–water partition coefficient (Wildman–Crippen LogP) is 3.11. The average molecular weight is 269 g/mol. The third kappa shape index (κ3) is 2.93. The van der Waals surface area contributed by atoms with Crippen LogP contribution in [0.2, 0.25) is 0 Å². The fourth-order valence-electron chi connectivity index (χ4n) is 2.79. The lowest BCUT2D eigenvalue weighted by Crippen LogP contribution is -2.19. The van der Waals surface area contributed by atoms with Crippen molar-refractivity contribution in [3.05, 3.63) is 47.3 Å². The summed E-state index contributed by atoms with van der Waals surface area (Å²) in [6.07, 6.45) is 5.80. The molecular formula is C17H23N3. The first-order valence-corrected chi connectivity index (χ1v) is 7.60. The third-order valence-electron chi connectivity index (χ3n) is 3.85. The van der Waals surface area contributed by atoms with Crippen LogP contribution in [0.15, 0.2) is 30.5 Å². The molecule has 0 radical (unpaired) electrons. The van der Waals surface area contributed by atoms with Gasteiger partial charge >= 0.3 is 0 Å². The summed E-state index contributed by atoms with van der Waals surface area (Å²) in [5.41, 5.74) is 5.30. The molecule has 1 heterocycles. The number of aryl methyl sites for hydroxylation is 2. The van der Waals surface area contributed by atoms with Crippen LogP contribution in [-0.4, -0.2) is 16.3 Å². The summed E-state index contributed by atoms with van der Waals surface area (Å²) < 4.78 is 1.99. The van der Waals surface area contributed by atoms with Crippen molar-refractivity contribution in [3.63, 3.8) is 0 Å². The molecule has 1 aliphatic carbocycles. The summed E-state index contributed by atoms with van der Waals surface area (Å²) in [4.78, 5) is 0. The van der Waals surface area contributed by atoms with Gasteiger partial charge in [0.25, 0.3) is 0 Å². The maximum atomic E-state index is 4.66. The third-order valence-corrected chi connectivity index (χ3v) is 3.85. The molecule has 0 saturated carbocycles. The van der Waals surface area contributed by atoms with Crippen molar-refractivity contribution >= 4 is 0 Å². The number of nitrogens with one attached hydrogen (secondary N) is 1. The van der Waals surface area contributed by atoms with E-state index in [9.17, 15) is 0 Å². The molecule has 3 heteroatoms. The molecular weight excluding hydrogens is 246 g/mol. The Morgan fingerprint density at radius 2 is 2.05 bits per heavy atom. The molecule has 20 heavy (non-hydrogen) atoms. The van der Waals surface area contributed by atoms with Gasteiger partial charge in [-0.2, -0.15) is 5.10 Å². The molecule has 0 saturated heterocycles. The summed E-state index contributed by atoms with van der Waals surface area (Å²) in [6, 6.07) is 8.83. The Morgan fingerprint density at radius 1 is 1.20 bits per heavy atom. The normalized spacial score (nSPS) is 13.9. The summed E-state index contributed by atoms with van der Waals surface area (Å²) in [5, 5.41) is 8.09. The van der Waals surface area contributed by atoms with Crippen molar-refractivity contribution in [2.24, 2.45) is 5.92 Å². The second-order valence-corrected chi connectivity index (χ2v) is 6.08. The molecule has 0 aliphatic heterocycles. The molecule has 3 nitrogen and oxygen atoms in total. The monoisotopic (exact) mass is 269 g/mol. The lowest BCUT2D eigenvalue weighted by atomic mass is 10.1. The van der Waals surface area contributed by atoms with Crippen molar-refractivity contribution in [1.82, 2.24) is 15.1 Å². The standard InChI is InChI=1S/C17H23N3/c1-13(2)11-18-12-16-8-9-20(19-16)17-7-6-14-4-3-5-15(14)10-17/h6-10,13,18H,3-5,11-12H2,1-2H3. The molecule has 1 aromatic carbocycles. The minimum atomic E-state index is 0.675. The fraction of sp³-hybridized carbons (Fsp3) is 0.471. The van der Waals surface area contributed by atoms with E-state index in [2.05, 4.69) is 54.7 Å². The Bertz CT molecular complexity index is 584. The lowest BCUT2D eigenvalue weighted by molar-refractivity contribution is 0.546. The highest BCUT2D eigenvalue weighted by molar-refractivity contribution is 5.42. The van der Waals surface area contributed by atoms with Crippen LogP contribution >= 0.6 is 0 Å². The lowest BCUT2D eigenvalue weighted by Gasteiger charge is -2.06. The average Bonchev–Trinajstić information content (AvgIpc) is 3.05. The van der Waals surface area contributed by atoms with Crippen LogP contribution in [0.3, 0.4) is 0 Å². The molecule has 1 N–H and O–H groups in total. The maximum Gasteiger partial charge on any atom is 0.0766 e. The SMILES string of the molecule is CC(C)CNCc1ccn(-c2ccc3c(c2)CCC3)n1. The van der Waals surface area contributed by atoms with Crippen LogP contribution in [-0.2, 0) is 19.4 Å². The summed E-state index contributed by atoms with van der Waals surface area (Å²) in [6.45, 7) is 6.31. The Balaban J connectivity index is 1.70. The number of fused-ring (bicyclic) bond motifs is 1. The van der Waals surface area contributed by atoms with Gasteiger partial charge in [-0.25, -0.2) is 4.68 Å². The van der Waals surface area contributed by atoms with Gasteiger partial charge in [-0.15, -0.1) is 0 Å². The molecule has 1 aromatic heterocycles. The smallest absolute Gasteiger partial charge is 0.0766 e. The van der Waals surface area contributed by atoms with Gasteiger partial charge in [0.2, 0.25) is 0 Å². The number of rotatable bonds is 5. The zero-order chi connectivity index (χ0) is 13.9. The minimum absolute atomic E-state index is 0.675. The van der Waals surface area contributed by atoms with E-state index in [1.54, 1.807) is 0 Å². The van der Waals surface area contributed by atoms with E-state index < -0.39 is 0 Å². The highest BCUT2D eigenvalue weighted by Crippen LogP contribution is 2.24. The van der Waals surface area contributed by atoms with Crippen molar-refractivity contribution in [3.8, 4) is 5.69 Å². The summed E-state index contributed by atoms with van der Waals surface area (Å²) in [7, 11) is 0. The number of hydrogen-bond acceptors (Lipinski definition) is 2. The van der Waals surface area contributed by atoms with Crippen LogP contribution in [0.4, 0.5) is 0 Å². The molecule has 0 unspecified atom stereocenters. The summed E-state index contributed by atoms with van der Waals surface area (Å²) >= 11 is 0. The van der Waals surface area contributed by atoms with Gasteiger partial charge in [0.05, 0.1) is 11.4 Å². The van der Waals surface area contributed by atoms with E-state index in [1.165, 1.54) is 36.1 Å². The Kier molecular flexibility index (Phi) is 3.88. The Labute approximate surface area is 121 Å². The summed E-state index contributed by atoms with van der Waals surface area (Å²) in [5.74, 6) is 0.675. The number of aromatic nitrogens is 2. The number of benzene rings is 1. The van der Waals surface area contributed by atoms with Crippen molar-refractivity contribution in [1.29, 1.82) is 0 Å². The van der Waals surface area contributed by atoms with E-state index in [-0.39, 0.29) is 0 Å². The molecule has 0 atom stereocenters. The first kappa shape index (κ1) is 13.4. The Morgan fingerprint density at radius 3 is 2.90 bits per heavy atom. The van der Waals surface area contributed by atoms with E-state index in [0.717, 1.165) is 18.8 Å². The molecule has 0 spiro atoms. The highest BCUT2D eigenvalue weighted by Gasteiger charge is 2.11. The number of hydrogen-bond donors (Lipinski definition) is 1. The van der Waals surface area contributed by atoms with Gasteiger partial charge in [-0.05, 0) is 61.1 Å². The zero-order valence-corrected chi connectivity index (χ0v) is 12.4. The van der Waals surface area contributed by atoms with Gasteiger partial charge in [0, 0.05) is 12.7 Å². The second-order valence-electron chi connectivity index (χ2n) is 6.08. The van der Waals surface area contributed by atoms with Crippen molar-refractivity contribution in [2.45, 2.75) is 39.7 Å². The largest absolute Gasteiger partial charge is 0.311 e. The predicted molar refractivity (Wildman–Crippen MR) is 82.1 cm³/mol. The first-order valence-electron chi connectivity index (χ1n) is 7.60. The van der Waals surface area contributed by atoms with E-state index >= 15 is 0 Å². The molecule has 1 aliphatic rings. The zero-order valence-electron chi connectivity index (χ0n) is 12.4. The fourth-order valence-corrected chi connectivity index (χ4v) is 2.79. The van der Waals surface area contributed by atoms with Gasteiger partial charge in [0.15, 0.2) is 0 Å². The maximum absolute atomic E-state index is 4.66. The quantitative estimate of drug-likeness (QED) is 0.904. The van der Waals surface area contributed by atoms with Crippen molar-refractivity contribution < 1.29 is 0 Å².